The maximum absolute atomic E-state index is 11.6. The van der Waals surface area contributed by atoms with Gasteiger partial charge in [-0.2, -0.15) is 0 Å². The lowest BCUT2D eigenvalue weighted by atomic mass is 10.2. The molecule has 0 saturated heterocycles. The molecule has 0 atom stereocenters. The molecule has 30 heavy (non-hydrogen) atoms. The van der Waals surface area contributed by atoms with Gasteiger partial charge in [-0.3, -0.25) is 4.79 Å². The second-order valence-electron chi connectivity index (χ2n) is 8.26. The fourth-order valence-corrected chi connectivity index (χ4v) is 8.23. The molecule has 0 unspecified atom stereocenters. The molecule has 3 aromatic rings. The number of hydrogen-bond donors (Lipinski definition) is 0. The number of ether oxygens (including phenoxy) is 1. The molecule has 0 aliphatic carbocycles. The van der Waals surface area contributed by atoms with Gasteiger partial charge in [0.05, 0.1) is 0 Å². The Hall–Kier alpha value is -3.11. The van der Waals surface area contributed by atoms with Crippen LogP contribution in [0.5, 0.6) is 11.5 Å². The van der Waals surface area contributed by atoms with Crippen molar-refractivity contribution in [1.82, 2.24) is 0 Å². The summed E-state index contributed by atoms with van der Waals surface area (Å²) in [5, 5.41) is 2.21. The van der Waals surface area contributed by atoms with Crippen LogP contribution in [-0.2, 0) is 4.79 Å². The van der Waals surface area contributed by atoms with Crippen LogP contribution < -0.4 is 19.5 Å². The van der Waals surface area contributed by atoms with Crippen molar-refractivity contribution in [2.45, 2.75) is 32.7 Å². The first-order chi connectivity index (χ1) is 14.3. The van der Waals surface area contributed by atoms with E-state index in [1.165, 1.54) is 17.3 Å². The predicted molar refractivity (Wildman–Crippen MR) is 126 cm³/mol. The highest BCUT2D eigenvalue weighted by Crippen LogP contribution is 2.38. The number of benzene rings is 3. The Kier molecular flexibility index (Phi) is 6.27. The number of carbonyl (C=O) groups excluding carboxylic acids is 1. The summed E-state index contributed by atoms with van der Waals surface area (Å²) in [7, 11) is -2.75. The Morgan fingerprint density at radius 2 is 1.43 bits per heavy atom. The number of carbonyl (C=O) groups is 1. The minimum Gasteiger partial charge on any atom is -0.534 e. The average molecular weight is 417 g/mol. The molecular formula is C26H28O3Si. The molecule has 3 aromatic carbocycles. The van der Waals surface area contributed by atoms with E-state index >= 15 is 0 Å². The molecule has 0 aromatic heterocycles. The molecule has 0 amide bonds. The van der Waals surface area contributed by atoms with Gasteiger partial charge in [0.25, 0.3) is 0 Å². The maximum atomic E-state index is 11.6. The van der Waals surface area contributed by atoms with Crippen LogP contribution >= 0.6 is 0 Å². The zero-order chi connectivity index (χ0) is 21.8. The quantitative estimate of drug-likeness (QED) is 0.315. The zero-order valence-corrected chi connectivity index (χ0v) is 19.0. The molecule has 0 N–H and O–H groups in total. The number of hydrogen-bond acceptors (Lipinski definition) is 3. The minimum absolute atomic E-state index is 0.158. The monoisotopic (exact) mass is 416 g/mol. The molecule has 0 heterocycles. The molecule has 0 fully saturated rings. The second kappa shape index (κ2) is 8.72. The Morgan fingerprint density at radius 3 is 1.87 bits per heavy atom. The van der Waals surface area contributed by atoms with Crippen molar-refractivity contribution in [2.75, 3.05) is 0 Å². The minimum atomic E-state index is -2.75. The number of rotatable bonds is 6. The van der Waals surface area contributed by atoms with Gasteiger partial charge in [-0.05, 0) is 27.5 Å². The molecule has 0 spiro atoms. The average Bonchev–Trinajstić information content (AvgIpc) is 2.72. The van der Waals surface area contributed by atoms with Crippen LogP contribution in [0.3, 0.4) is 0 Å². The SMILES string of the molecule is C=Cc1ccc(O[Si](c2ccccc2)(c2ccccc2)C(C)(C)C)cc1OC(C)=O. The van der Waals surface area contributed by atoms with Crippen LogP contribution in [0, 0.1) is 0 Å². The van der Waals surface area contributed by atoms with E-state index in [4.69, 9.17) is 9.16 Å². The summed E-state index contributed by atoms with van der Waals surface area (Å²) < 4.78 is 12.4. The van der Waals surface area contributed by atoms with Crippen molar-refractivity contribution in [3.05, 3.63) is 91.0 Å². The van der Waals surface area contributed by atoms with Gasteiger partial charge in [-0.25, -0.2) is 0 Å². The third-order valence-electron chi connectivity index (χ3n) is 5.15. The molecular weight excluding hydrogens is 388 g/mol. The highest BCUT2D eigenvalue weighted by molar-refractivity contribution is 7.00. The fourth-order valence-electron chi connectivity index (χ4n) is 3.82. The third-order valence-corrected chi connectivity index (χ3v) is 10.1. The lowest BCUT2D eigenvalue weighted by molar-refractivity contribution is -0.131. The molecule has 0 saturated carbocycles. The van der Waals surface area contributed by atoms with E-state index in [1.54, 1.807) is 12.1 Å². The first kappa shape index (κ1) is 21.6. The van der Waals surface area contributed by atoms with Gasteiger partial charge in [0.1, 0.15) is 11.5 Å². The lowest BCUT2D eigenvalue weighted by Crippen LogP contribution is -2.68. The normalized spacial score (nSPS) is 11.6. The van der Waals surface area contributed by atoms with Crippen LogP contribution in [-0.4, -0.2) is 14.3 Å². The summed E-state index contributed by atoms with van der Waals surface area (Å²) >= 11 is 0. The van der Waals surface area contributed by atoms with E-state index in [0.717, 1.165) is 5.56 Å². The molecule has 3 rings (SSSR count). The molecule has 0 bridgehead atoms. The van der Waals surface area contributed by atoms with Crippen molar-refractivity contribution in [3.8, 4) is 11.5 Å². The van der Waals surface area contributed by atoms with E-state index in [2.05, 4.69) is 75.9 Å². The topological polar surface area (TPSA) is 35.5 Å². The Bertz CT molecular complexity index is 982. The largest absolute Gasteiger partial charge is 0.534 e. The standard InChI is InChI=1S/C26H28O3Si/c1-6-21-17-18-22(19-25(21)28-20(2)27)29-30(26(3,4)5,23-13-9-7-10-14-23)24-15-11-8-12-16-24/h6-19H,1H2,2-5H3. The van der Waals surface area contributed by atoms with Gasteiger partial charge in [0.2, 0.25) is 0 Å². The zero-order valence-electron chi connectivity index (χ0n) is 18.0. The Morgan fingerprint density at radius 1 is 0.900 bits per heavy atom. The highest BCUT2D eigenvalue weighted by Gasteiger charge is 2.52. The van der Waals surface area contributed by atoms with Crippen molar-refractivity contribution >= 4 is 30.7 Å². The van der Waals surface area contributed by atoms with E-state index in [9.17, 15) is 4.79 Å². The summed E-state index contributed by atoms with van der Waals surface area (Å²) in [6.07, 6.45) is 1.67. The van der Waals surface area contributed by atoms with Crippen LogP contribution in [0.4, 0.5) is 0 Å². The van der Waals surface area contributed by atoms with Gasteiger partial charge in [0.15, 0.2) is 0 Å². The van der Waals surface area contributed by atoms with Crippen LogP contribution in [0.1, 0.15) is 33.3 Å². The van der Waals surface area contributed by atoms with E-state index in [0.29, 0.717) is 11.5 Å². The lowest BCUT2D eigenvalue weighted by Gasteiger charge is -2.43. The highest BCUT2D eigenvalue weighted by atomic mass is 28.4. The first-order valence-electron chi connectivity index (χ1n) is 10.0. The summed E-state index contributed by atoms with van der Waals surface area (Å²) in [5.74, 6) is 0.750. The van der Waals surface area contributed by atoms with Crippen molar-refractivity contribution in [1.29, 1.82) is 0 Å². The van der Waals surface area contributed by atoms with Gasteiger partial charge >= 0.3 is 14.3 Å². The Labute approximate surface area is 180 Å². The van der Waals surface area contributed by atoms with Crippen molar-refractivity contribution in [2.24, 2.45) is 0 Å². The molecule has 154 valence electrons. The fraction of sp³-hybridized carbons (Fsp3) is 0.192. The molecule has 4 heteroatoms. The van der Waals surface area contributed by atoms with Gasteiger partial charge in [0, 0.05) is 18.6 Å². The summed E-state index contributed by atoms with van der Waals surface area (Å²) in [6.45, 7) is 11.9. The second-order valence-corrected chi connectivity index (χ2v) is 12.5. The smallest absolute Gasteiger partial charge is 0.319 e. The van der Waals surface area contributed by atoms with E-state index in [1.807, 2.05) is 24.3 Å². The molecule has 3 nitrogen and oxygen atoms in total. The van der Waals surface area contributed by atoms with E-state index in [-0.39, 0.29) is 11.0 Å². The van der Waals surface area contributed by atoms with Gasteiger partial charge < -0.3 is 9.16 Å². The van der Waals surface area contributed by atoms with Crippen molar-refractivity contribution in [3.63, 3.8) is 0 Å². The van der Waals surface area contributed by atoms with E-state index < -0.39 is 8.32 Å². The van der Waals surface area contributed by atoms with Crippen LogP contribution in [0.25, 0.3) is 6.08 Å². The Balaban J connectivity index is 2.22. The molecule has 0 radical (unpaired) electrons. The van der Waals surface area contributed by atoms with Crippen LogP contribution in [0.2, 0.25) is 5.04 Å². The van der Waals surface area contributed by atoms with Crippen LogP contribution in [0.15, 0.2) is 85.4 Å². The molecule has 0 aliphatic heterocycles. The summed E-state index contributed by atoms with van der Waals surface area (Å²) in [4.78, 5) is 11.6. The van der Waals surface area contributed by atoms with Gasteiger partial charge in [-0.1, -0.05) is 94.1 Å². The van der Waals surface area contributed by atoms with Crippen molar-refractivity contribution < 1.29 is 14.0 Å². The summed E-state index contributed by atoms with van der Waals surface area (Å²) in [5.41, 5.74) is 0.750. The van der Waals surface area contributed by atoms with Gasteiger partial charge in [-0.15, -0.1) is 0 Å². The predicted octanol–water partition coefficient (Wildman–Crippen LogP) is 5.19. The molecule has 0 aliphatic rings. The maximum Gasteiger partial charge on any atom is 0.319 e. The third kappa shape index (κ3) is 4.24. The first-order valence-corrected chi connectivity index (χ1v) is 11.9. The number of esters is 1. The summed E-state index contributed by atoms with van der Waals surface area (Å²) in [6, 6.07) is 26.4.